The van der Waals surface area contributed by atoms with Gasteiger partial charge in [0, 0.05) is 5.41 Å². The molecule has 1 aliphatic rings. The van der Waals surface area contributed by atoms with Crippen molar-refractivity contribution >= 4 is 27.2 Å². The highest BCUT2D eigenvalue weighted by Crippen LogP contribution is 2.52. The van der Waals surface area contributed by atoms with Crippen LogP contribution < -0.4 is 9.16 Å². The Bertz CT molecular complexity index is 824. The van der Waals surface area contributed by atoms with Gasteiger partial charge in [-0.1, -0.05) is 34.6 Å². The number of ether oxygens (including phenoxy) is 2. The van der Waals surface area contributed by atoms with Crippen molar-refractivity contribution in [2.24, 2.45) is 10.8 Å². The summed E-state index contributed by atoms with van der Waals surface area (Å²) in [6, 6.07) is 5.63. The summed E-state index contributed by atoms with van der Waals surface area (Å²) in [7, 11) is 3.08. The van der Waals surface area contributed by atoms with Crippen LogP contribution in [0.15, 0.2) is 28.2 Å². The second-order valence-electron chi connectivity index (χ2n) is 8.08. The van der Waals surface area contributed by atoms with E-state index < -0.39 is 0 Å². The van der Waals surface area contributed by atoms with Crippen molar-refractivity contribution in [3.63, 3.8) is 0 Å². The summed E-state index contributed by atoms with van der Waals surface area (Å²) in [6.07, 6.45) is 0. The van der Waals surface area contributed by atoms with Crippen LogP contribution in [0.25, 0.3) is 16.7 Å². The normalized spacial score (nSPS) is 17.1. The molecule has 1 aromatic heterocycles. The van der Waals surface area contributed by atoms with Gasteiger partial charge in [-0.15, -0.1) is 0 Å². The highest BCUT2D eigenvalue weighted by molar-refractivity contribution is 6.00. The summed E-state index contributed by atoms with van der Waals surface area (Å²) >= 11 is 0. The molecule has 0 bridgehead atoms. The minimum atomic E-state index is -0.0557. The highest BCUT2D eigenvalue weighted by Gasteiger charge is 2.43. The fourth-order valence-electron chi connectivity index (χ4n) is 3.79. The number of hydrogen-bond acceptors (Lipinski definition) is 4. The number of fused-ring (bicyclic) bond motifs is 1. The molecule has 0 amide bonds. The molecule has 2 heterocycles. The van der Waals surface area contributed by atoms with Crippen LogP contribution in [0, 0.1) is 10.8 Å². The van der Waals surface area contributed by atoms with E-state index in [1.807, 2.05) is 25.1 Å². The van der Waals surface area contributed by atoms with Gasteiger partial charge >= 0.3 is 10.5 Å². The van der Waals surface area contributed by atoms with Crippen LogP contribution in [-0.4, -0.2) is 23.7 Å². The third-order valence-corrected chi connectivity index (χ3v) is 4.69. The summed E-state index contributed by atoms with van der Waals surface area (Å²) in [5.41, 5.74) is 1.90. The first-order chi connectivity index (χ1) is 11.7. The molecule has 0 spiro atoms. The lowest BCUT2D eigenvalue weighted by Gasteiger charge is -2.30. The smallest absolute Gasteiger partial charge is 0.341 e. The molecular formula is C20H25O4Si. The number of hydrogen-bond donors (Lipinski definition) is 0. The molecule has 25 heavy (non-hydrogen) atoms. The third kappa shape index (κ3) is 3.06. The summed E-state index contributed by atoms with van der Waals surface area (Å²) in [6.45, 7) is 14.2. The van der Waals surface area contributed by atoms with E-state index in [1.54, 1.807) is 0 Å². The number of benzene rings is 1. The van der Waals surface area contributed by atoms with E-state index in [4.69, 9.17) is 18.3 Å². The first kappa shape index (κ1) is 17.9. The maximum Gasteiger partial charge on any atom is 0.341 e. The van der Waals surface area contributed by atoms with E-state index in [0.29, 0.717) is 30.5 Å². The molecule has 0 saturated heterocycles. The second-order valence-corrected chi connectivity index (χ2v) is 8.28. The van der Waals surface area contributed by atoms with E-state index in [2.05, 4.69) is 45.1 Å². The Morgan fingerprint density at radius 1 is 1.24 bits per heavy atom. The van der Waals surface area contributed by atoms with Gasteiger partial charge in [0.05, 0.1) is 18.6 Å². The van der Waals surface area contributed by atoms with Gasteiger partial charge in [0.2, 0.25) is 5.76 Å². The average molecular weight is 358 g/mol. The van der Waals surface area contributed by atoms with Crippen molar-refractivity contribution in [1.29, 1.82) is 0 Å². The van der Waals surface area contributed by atoms with Gasteiger partial charge in [-0.25, -0.2) is 0 Å². The molecule has 1 aromatic carbocycles. The monoisotopic (exact) mass is 357 g/mol. The van der Waals surface area contributed by atoms with Crippen LogP contribution in [0.3, 0.4) is 0 Å². The van der Waals surface area contributed by atoms with Gasteiger partial charge in [0.25, 0.3) is 0 Å². The molecule has 0 atom stereocenters. The predicted molar refractivity (Wildman–Crippen MR) is 99.9 cm³/mol. The Hall–Kier alpha value is -1.88. The molecule has 0 fully saturated rings. The van der Waals surface area contributed by atoms with Crippen LogP contribution in [0.1, 0.15) is 47.3 Å². The Kier molecular flexibility index (Phi) is 4.39. The van der Waals surface area contributed by atoms with Crippen LogP contribution in [-0.2, 0) is 4.74 Å². The molecule has 133 valence electrons. The van der Waals surface area contributed by atoms with E-state index in [9.17, 15) is 0 Å². The van der Waals surface area contributed by atoms with Crippen molar-refractivity contribution in [2.75, 3.05) is 13.2 Å². The van der Waals surface area contributed by atoms with Gasteiger partial charge < -0.3 is 18.3 Å². The first-order valence-corrected chi connectivity index (χ1v) is 9.01. The lowest BCUT2D eigenvalue weighted by molar-refractivity contribution is 0.209. The Labute approximate surface area is 152 Å². The maximum atomic E-state index is 6.17. The lowest BCUT2D eigenvalue weighted by Crippen LogP contribution is -2.24. The molecule has 0 unspecified atom stereocenters. The van der Waals surface area contributed by atoms with E-state index in [0.717, 1.165) is 16.7 Å². The van der Waals surface area contributed by atoms with Crippen molar-refractivity contribution in [2.45, 2.75) is 41.5 Å². The second kappa shape index (κ2) is 6.13. The zero-order chi connectivity index (χ0) is 18.4. The Balaban J connectivity index is 2.29. The molecule has 1 aliphatic heterocycles. The predicted octanol–water partition coefficient (Wildman–Crippen LogP) is 5.11. The van der Waals surface area contributed by atoms with E-state index in [1.165, 1.54) is 5.57 Å². The topological polar surface area (TPSA) is 40.8 Å². The quantitative estimate of drug-likeness (QED) is 0.713. The fraction of sp³-hybridized carbons (Fsp3) is 0.500. The minimum absolute atomic E-state index is 0.0400. The highest BCUT2D eigenvalue weighted by atomic mass is 28.2. The van der Waals surface area contributed by atoms with Gasteiger partial charge in [-0.05, 0) is 36.1 Å². The molecule has 5 heteroatoms. The van der Waals surface area contributed by atoms with Crippen LogP contribution >= 0.6 is 0 Å². The molecule has 3 rings (SSSR count). The number of furan rings is 1. The molecule has 0 saturated carbocycles. The summed E-state index contributed by atoms with van der Waals surface area (Å²) in [5.74, 6) is 2.86. The third-order valence-electron chi connectivity index (χ3n) is 4.46. The van der Waals surface area contributed by atoms with E-state index >= 15 is 0 Å². The minimum Gasteiger partial charge on any atom is -0.540 e. The summed E-state index contributed by atoms with van der Waals surface area (Å²) in [5, 5.41) is 0.877. The Morgan fingerprint density at radius 3 is 2.56 bits per heavy atom. The maximum absolute atomic E-state index is 6.17. The fourth-order valence-corrected chi connectivity index (χ4v) is 3.92. The Morgan fingerprint density at radius 2 is 1.96 bits per heavy atom. The number of rotatable bonds is 4. The standard InChI is InChI=1S/C20H25O4Si/c1-7-21-15-13-10-12(24-25)8-9-14(13)23-16(15)17-18(19(2,3)4)20(5,6)11-22-17/h8-10H,7,11H2,1-6H3. The lowest BCUT2D eigenvalue weighted by atomic mass is 9.71. The summed E-state index contributed by atoms with van der Waals surface area (Å²) < 4.78 is 23.4. The van der Waals surface area contributed by atoms with E-state index in [-0.39, 0.29) is 10.8 Å². The van der Waals surface area contributed by atoms with Gasteiger partial charge in [0.15, 0.2) is 11.5 Å². The molecular weight excluding hydrogens is 332 g/mol. The SMILES string of the molecule is CCOc1c(C2=C(C(C)(C)C)C(C)(C)CO2)oc2ccc(O[Si])cc12. The molecule has 0 N–H and O–H groups in total. The zero-order valence-corrected chi connectivity index (χ0v) is 16.8. The largest absolute Gasteiger partial charge is 0.540 e. The van der Waals surface area contributed by atoms with Crippen LogP contribution in [0.2, 0.25) is 0 Å². The van der Waals surface area contributed by atoms with Crippen molar-refractivity contribution in [3.8, 4) is 11.5 Å². The van der Waals surface area contributed by atoms with Crippen molar-refractivity contribution < 1.29 is 18.3 Å². The zero-order valence-electron chi connectivity index (χ0n) is 15.8. The molecule has 3 radical (unpaired) electrons. The van der Waals surface area contributed by atoms with Gasteiger partial charge in [0.1, 0.15) is 11.3 Å². The first-order valence-electron chi connectivity index (χ1n) is 8.60. The van der Waals surface area contributed by atoms with Crippen molar-refractivity contribution in [1.82, 2.24) is 0 Å². The van der Waals surface area contributed by atoms with Gasteiger partial charge in [-0.3, -0.25) is 0 Å². The molecule has 2 aromatic rings. The average Bonchev–Trinajstić information content (AvgIpc) is 3.04. The molecule has 4 nitrogen and oxygen atoms in total. The molecule has 0 aliphatic carbocycles. The summed E-state index contributed by atoms with van der Waals surface area (Å²) in [4.78, 5) is 0. The van der Waals surface area contributed by atoms with Crippen molar-refractivity contribution in [3.05, 3.63) is 29.5 Å². The van der Waals surface area contributed by atoms with Crippen LogP contribution in [0.5, 0.6) is 11.5 Å². The van der Waals surface area contributed by atoms with Crippen LogP contribution in [0.4, 0.5) is 0 Å². The van der Waals surface area contributed by atoms with Gasteiger partial charge in [-0.2, -0.15) is 0 Å².